The van der Waals surface area contributed by atoms with Gasteiger partial charge in [-0.2, -0.15) is 0 Å². The lowest BCUT2D eigenvalue weighted by molar-refractivity contribution is -0.117. The summed E-state index contributed by atoms with van der Waals surface area (Å²) in [6.07, 6.45) is 2.71. The molecule has 3 N–H and O–H groups in total. The molecule has 0 unspecified atom stereocenters. The SMILES string of the molecule is CCCC[C@H](N)C(=O)Nc1nnc(C)s1. The molecule has 0 fully saturated rings. The van der Waals surface area contributed by atoms with Gasteiger partial charge in [0, 0.05) is 0 Å². The summed E-state index contributed by atoms with van der Waals surface area (Å²) in [7, 11) is 0. The fraction of sp³-hybridized carbons (Fsp3) is 0.667. The molecule has 1 rings (SSSR count). The van der Waals surface area contributed by atoms with E-state index in [1.165, 1.54) is 11.3 Å². The highest BCUT2D eigenvalue weighted by Gasteiger charge is 2.14. The Hall–Kier alpha value is -1.01. The molecule has 1 heterocycles. The minimum atomic E-state index is -0.450. The zero-order valence-corrected chi connectivity index (χ0v) is 9.80. The topological polar surface area (TPSA) is 80.9 Å². The lowest BCUT2D eigenvalue weighted by atomic mass is 10.1. The van der Waals surface area contributed by atoms with Gasteiger partial charge < -0.3 is 5.73 Å². The molecule has 1 amide bonds. The summed E-state index contributed by atoms with van der Waals surface area (Å²) in [5.74, 6) is -0.181. The van der Waals surface area contributed by atoms with E-state index >= 15 is 0 Å². The maximum atomic E-state index is 11.5. The molecule has 0 saturated carbocycles. The van der Waals surface area contributed by atoms with Crippen LogP contribution in [0.15, 0.2) is 0 Å². The third-order valence-corrected chi connectivity index (χ3v) is 2.72. The molecule has 0 aliphatic heterocycles. The Bertz CT molecular complexity index is 326. The number of nitrogens with two attached hydrogens (primary N) is 1. The normalized spacial score (nSPS) is 12.5. The van der Waals surface area contributed by atoms with Crippen LogP contribution in [0, 0.1) is 6.92 Å². The van der Waals surface area contributed by atoms with Gasteiger partial charge in [-0.05, 0) is 13.3 Å². The molecule has 0 aliphatic carbocycles. The number of aryl methyl sites for hydroxylation is 1. The summed E-state index contributed by atoms with van der Waals surface area (Å²) in [5.41, 5.74) is 5.70. The Balaban J connectivity index is 2.41. The van der Waals surface area contributed by atoms with Crippen molar-refractivity contribution in [2.45, 2.75) is 39.2 Å². The van der Waals surface area contributed by atoms with Gasteiger partial charge in [0.1, 0.15) is 5.01 Å². The number of nitrogens with zero attached hydrogens (tertiary/aromatic N) is 2. The minimum absolute atomic E-state index is 0.181. The first-order chi connectivity index (χ1) is 7.13. The largest absolute Gasteiger partial charge is 0.320 e. The average molecular weight is 228 g/mol. The third kappa shape index (κ3) is 3.93. The molecule has 0 spiro atoms. The van der Waals surface area contributed by atoms with Crippen LogP contribution in [0.4, 0.5) is 5.13 Å². The van der Waals surface area contributed by atoms with Crippen molar-refractivity contribution in [2.24, 2.45) is 5.73 Å². The molecule has 0 bridgehead atoms. The van der Waals surface area contributed by atoms with Crippen LogP contribution >= 0.6 is 11.3 Å². The second kappa shape index (κ2) is 5.77. The smallest absolute Gasteiger partial charge is 0.243 e. The zero-order chi connectivity index (χ0) is 11.3. The molecule has 1 atom stereocenters. The number of nitrogens with one attached hydrogen (secondary N) is 1. The van der Waals surface area contributed by atoms with Gasteiger partial charge in [-0.25, -0.2) is 0 Å². The zero-order valence-electron chi connectivity index (χ0n) is 8.99. The van der Waals surface area contributed by atoms with Crippen LogP contribution in [0.1, 0.15) is 31.2 Å². The molecule has 0 aliphatic rings. The predicted molar refractivity (Wildman–Crippen MR) is 60.8 cm³/mol. The van der Waals surface area contributed by atoms with E-state index in [4.69, 9.17) is 5.73 Å². The van der Waals surface area contributed by atoms with E-state index in [1.807, 2.05) is 6.92 Å². The summed E-state index contributed by atoms with van der Waals surface area (Å²) >= 11 is 1.35. The van der Waals surface area contributed by atoms with Crippen molar-refractivity contribution in [3.8, 4) is 0 Å². The van der Waals surface area contributed by atoms with E-state index in [0.29, 0.717) is 11.6 Å². The first kappa shape index (κ1) is 12.1. The second-order valence-corrected chi connectivity index (χ2v) is 4.55. The van der Waals surface area contributed by atoms with Crippen molar-refractivity contribution in [1.82, 2.24) is 10.2 Å². The molecule has 1 aromatic rings. The minimum Gasteiger partial charge on any atom is -0.320 e. The molecule has 0 aromatic carbocycles. The van der Waals surface area contributed by atoms with Gasteiger partial charge in [-0.3, -0.25) is 10.1 Å². The molecule has 15 heavy (non-hydrogen) atoms. The first-order valence-electron chi connectivity index (χ1n) is 5.00. The highest BCUT2D eigenvalue weighted by Crippen LogP contribution is 2.14. The number of anilines is 1. The number of hydrogen-bond acceptors (Lipinski definition) is 5. The lowest BCUT2D eigenvalue weighted by Gasteiger charge is -2.08. The summed E-state index contributed by atoms with van der Waals surface area (Å²) in [6, 6.07) is -0.450. The molecular weight excluding hydrogens is 212 g/mol. The van der Waals surface area contributed by atoms with E-state index in [9.17, 15) is 4.79 Å². The van der Waals surface area contributed by atoms with Crippen LogP contribution in [0.2, 0.25) is 0 Å². The highest BCUT2D eigenvalue weighted by atomic mass is 32.1. The van der Waals surface area contributed by atoms with Crippen LogP contribution in [-0.2, 0) is 4.79 Å². The average Bonchev–Trinajstić information content (AvgIpc) is 2.60. The van der Waals surface area contributed by atoms with Crippen LogP contribution in [0.3, 0.4) is 0 Å². The summed E-state index contributed by atoms with van der Waals surface area (Å²) in [5, 5.41) is 11.6. The van der Waals surface area contributed by atoms with Gasteiger partial charge in [0.2, 0.25) is 11.0 Å². The summed E-state index contributed by atoms with van der Waals surface area (Å²) in [6.45, 7) is 3.91. The summed E-state index contributed by atoms with van der Waals surface area (Å²) < 4.78 is 0. The number of aromatic nitrogens is 2. The number of amides is 1. The van der Waals surface area contributed by atoms with Crippen molar-refractivity contribution >= 4 is 22.4 Å². The molecule has 1 aromatic heterocycles. The predicted octanol–water partition coefficient (Wildman–Crippen LogP) is 1.30. The van der Waals surface area contributed by atoms with Crippen molar-refractivity contribution in [3.05, 3.63) is 5.01 Å². The fourth-order valence-electron chi connectivity index (χ4n) is 1.10. The molecule has 6 heteroatoms. The summed E-state index contributed by atoms with van der Waals surface area (Å²) in [4.78, 5) is 11.5. The van der Waals surface area contributed by atoms with Gasteiger partial charge >= 0.3 is 0 Å². The maximum absolute atomic E-state index is 11.5. The monoisotopic (exact) mass is 228 g/mol. The standard InChI is InChI=1S/C9H16N4OS/c1-3-4-5-7(10)8(14)11-9-13-12-6(2)15-9/h7H,3-5,10H2,1-2H3,(H,11,13,14)/t7-/m0/s1. The Morgan fingerprint density at radius 1 is 1.60 bits per heavy atom. The van der Waals surface area contributed by atoms with E-state index in [2.05, 4.69) is 22.4 Å². The molecule has 84 valence electrons. The van der Waals surface area contributed by atoms with Gasteiger partial charge in [0.05, 0.1) is 6.04 Å². The molecule has 5 nitrogen and oxygen atoms in total. The number of rotatable bonds is 5. The number of carbonyl (C=O) groups is 1. The van der Waals surface area contributed by atoms with Crippen molar-refractivity contribution in [2.75, 3.05) is 5.32 Å². The molecule has 0 radical (unpaired) electrons. The van der Waals surface area contributed by atoms with Crippen LogP contribution in [0.25, 0.3) is 0 Å². The highest BCUT2D eigenvalue weighted by molar-refractivity contribution is 7.15. The fourth-order valence-corrected chi connectivity index (χ4v) is 1.70. The van der Waals surface area contributed by atoms with E-state index < -0.39 is 6.04 Å². The van der Waals surface area contributed by atoms with Crippen LogP contribution in [-0.4, -0.2) is 22.1 Å². The van der Waals surface area contributed by atoms with Gasteiger partial charge in [0.15, 0.2) is 0 Å². The molecule has 0 saturated heterocycles. The van der Waals surface area contributed by atoms with E-state index in [0.717, 1.165) is 17.8 Å². The van der Waals surface area contributed by atoms with Crippen molar-refractivity contribution in [3.63, 3.8) is 0 Å². The number of unbranched alkanes of at least 4 members (excludes halogenated alkanes) is 1. The van der Waals surface area contributed by atoms with Gasteiger partial charge in [-0.1, -0.05) is 31.1 Å². The van der Waals surface area contributed by atoms with Crippen molar-refractivity contribution in [1.29, 1.82) is 0 Å². The Kier molecular flexibility index (Phi) is 4.64. The van der Waals surface area contributed by atoms with E-state index in [-0.39, 0.29) is 5.91 Å². The second-order valence-electron chi connectivity index (χ2n) is 3.36. The van der Waals surface area contributed by atoms with Gasteiger partial charge in [0.25, 0.3) is 0 Å². The lowest BCUT2D eigenvalue weighted by Crippen LogP contribution is -2.35. The van der Waals surface area contributed by atoms with Gasteiger partial charge in [-0.15, -0.1) is 10.2 Å². The van der Waals surface area contributed by atoms with E-state index in [1.54, 1.807) is 0 Å². The van der Waals surface area contributed by atoms with Crippen LogP contribution < -0.4 is 11.1 Å². The maximum Gasteiger partial charge on any atom is 0.243 e. The van der Waals surface area contributed by atoms with Crippen molar-refractivity contribution < 1.29 is 4.79 Å². The van der Waals surface area contributed by atoms with Crippen LogP contribution in [0.5, 0.6) is 0 Å². The Morgan fingerprint density at radius 3 is 2.87 bits per heavy atom. The number of carbonyl (C=O) groups excluding carboxylic acids is 1. The quantitative estimate of drug-likeness (QED) is 0.796. The first-order valence-corrected chi connectivity index (χ1v) is 5.81. The molecular formula is C9H16N4OS. The Labute approximate surface area is 93.1 Å². The third-order valence-electron chi connectivity index (χ3n) is 1.96. The number of hydrogen-bond donors (Lipinski definition) is 2. The Morgan fingerprint density at radius 2 is 2.33 bits per heavy atom.